The Balaban J connectivity index is -0.00000133. The number of nitrogens with two attached hydrogens (primary N) is 10. The van der Waals surface area contributed by atoms with E-state index >= 15 is 0 Å². The van der Waals surface area contributed by atoms with Gasteiger partial charge in [-0.15, -0.1) is 0 Å². The van der Waals surface area contributed by atoms with Crippen molar-refractivity contribution in [3.8, 4) is 72.5 Å². The van der Waals surface area contributed by atoms with Gasteiger partial charge in [-0.2, -0.15) is 52.6 Å². The number of rotatable bonds is 26. The van der Waals surface area contributed by atoms with Crippen molar-refractivity contribution in [3.63, 3.8) is 0 Å². The monoisotopic (exact) mass is 1860 g/mol. The molecule has 0 saturated carbocycles. The van der Waals surface area contributed by atoms with Gasteiger partial charge in [0.25, 0.3) is 0 Å². The highest BCUT2D eigenvalue weighted by atomic mass is 32.2. The first-order valence-electron chi connectivity index (χ1n) is 35.1. The normalized spacial score (nSPS) is 9.14. The molecule has 0 amide bonds. The van der Waals surface area contributed by atoms with Gasteiger partial charge in [-0.1, -0.05) is 227 Å². The highest BCUT2D eigenvalue weighted by molar-refractivity contribution is 8.15. The number of pyridine rings is 4. The average molecular weight is 1860 g/mol. The minimum atomic E-state index is 0.0299. The lowest BCUT2D eigenvalue weighted by molar-refractivity contribution is 1.09. The zero-order valence-corrected chi connectivity index (χ0v) is 75.5. The van der Waals surface area contributed by atoms with Crippen LogP contribution in [0.4, 0.5) is 0 Å². The summed E-state index contributed by atoms with van der Waals surface area (Å²) in [6.07, 6.45) is 17.2. The van der Waals surface area contributed by atoms with Crippen LogP contribution in [0.25, 0.3) is 0 Å². The van der Waals surface area contributed by atoms with Crippen molar-refractivity contribution in [1.29, 1.82) is 107 Å². The van der Waals surface area contributed by atoms with Crippen LogP contribution in [0.2, 0.25) is 0 Å². The zero-order chi connectivity index (χ0) is 94.1. The van der Waals surface area contributed by atoms with E-state index in [1.54, 1.807) is 49.2 Å². The molecular formula is C81H92N34S10. The number of amidine groups is 10. The Labute approximate surface area is 770 Å². The fraction of sp³-hybridized carbons (Fsp3) is 0.210. The summed E-state index contributed by atoms with van der Waals surface area (Å²) in [4.78, 5) is 16.3. The first kappa shape index (κ1) is 116. The average Bonchev–Trinajstić information content (AvgIpc) is 0.898. The van der Waals surface area contributed by atoms with Gasteiger partial charge in [-0.25, -0.2) is 0 Å². The summed E-state index contributed by atoms with van der Waals surface area (Å²) in [5.41, 5.74) is 65.1. The number of hydrogen-bond donors (Lipinski definition) is 20. The summed E-state index contributed by atoms with van der Waals surface area (Å²) < 4.78 is 0. The molecule has 4 aromatic heterocycles. The van der Waals surface area contributed by atoms with E-state index in [-0.39, 0.29) is 51.7 Å². The summed E-state index contributed by atoms with van der Waals surface area (Å²) in [5.74, 6) is 10.9. The van der Waals surface area contributed by atoms with E-state index in [0.29, 0.717) is 102 Å². The molecule has 7 aromatic rings. The largest absolute Gasteiger partial charge is 0.379 e. The Morgan fingerprint density at radius 2 is 0.672 bits per heavy atom. The molecular weight excluding hydrogens is 1770 g/mol. The molecule has 0 aliphatic rings. The minimum absolute atomic E-state index is 0.0299. The van der Waals surface area contributed by atoms with Gasteiger partial charge < -0.3 is 57.3 Å². The number of hydrogen-bond acceptors (Lipinski definition) is 34. The maximum absolute atomic E-state index is 8.60. The lowest BCUT2D eigenvalue weighted by Gasteiger charge is -2.04. The maximum Gasteiger partial charge on any atom is 0.152 e. The lowest BCUT2D eigenvalue weighted by Crippen LogP contribution is -2.04. The third-order valence-electron chi connectivity index (χ3n) is 12.8. The Kier molecular flexibility index (Phi) is 72.9. The van der Waals surface area contributed by atoms with Crippen molar-refractivity contribution < 1.29 is 0 Å². The van der Waals surface area contributed by atoms with Crippen LogP contribution in [0, 0.1) is 179 Å². The van der Waals surface area contributed by atoms with Crippen molar-refractivity contribution in [2.45, 2.75) is 85.2 Å². The van der Waals surface area contributed by atoms with Gasteiger partial charge in [-0.3, -0.25) is 74.0 Å². The lowest BCUT2D eigenvalue weighted by atomic mass is 10.1. The van der Waals surface area contributed by atoms with Gasteiger partial charge in [0.15, 0.2) is 57.7 Å². The molecule has 0 spiro atoms. The summed E-state index contributed by atoms with van der Waals surface area (Å²) in [6.45, 7) is 0. The third-order valence-corrected chi connectivity index (χ3v) is 20.2. The van der Waals surface area contributed by atoms with Gasteiger partial charge in [0.1, 0.15) is 0 Å². The smallest absolute Gasteiger partial charge is 0.152 e. The second-order valence-corrected chi connectivity index (χ2v) is 32.7. The Hall–Kier alpha value is -13.6. The molecule has 0 saturated heterocycles. The van der Waals surface area contributed by atoms with Crippen LogP contribution in [-0.2, 0) is 85.2 Å². The van der Waals surface area contributed by atoms with Gasteiger partial charge in [-0.05, 0) is 85.5 Å². The van der Waals surface area contributed by atoms with Gasteiger partial charge in [0.2, 0.25) is 0 Å². The predicted molar refractivity (Wildman–Crippen MR) is 520 cm³/mol. The second kappa shape index (κ2) is 78.9. The highest BCUT2D eigenvalue weighted by Crippen LogP contribution is 2.20. The Morgan fingerprint density at radius 3 is 1.14 bits per heavy atom. The minimum Gasteiger partial charge on any atom is -0.379 e. The third kappa shape index (κ3) is 75.1. The molecule has 0 unspecified atom stereocenters. The molecule has 3 aromatic carbocycles. The van der Waals surface area contributed by atoms with Crippen molar-refractivity contribution in [2.75, 3.05) is 17.3 Å². The van der Waals surface area contributed by atoms with E-state index in [0.717, 1.165) is 90.0 Å². The van der Waals surface area contributed by atoms with Crippen molar-refractivity contribution in [3.05, 3.63) is 249 Å². The maximum atomic E-state index is 8.60. The molecule has 30 N–H and O–H groups in total. The van der Waals surface area contributed by atoms with Crippen LogP contribution in [0.15, 0.2) is 171 Å². The van der Waals surface area contributed by atoms with Crippen LogP contribution in [0.3, 0.4) is 0 Å². The molecule has 0 radical (unpaired) electrons. The molecule has 0 fully saturated rings. The molecule has 44 heteroatoms. The molecule has 0 aliphatic heterocycles. The Bertz CT molecular complexity index is 4730. The van der Waals surface area contributed by atoms with Crippen LogP contribution in [0.5, 0.6) is 0 Å². The zero-order valence-electron chi connectivity index (χ0n) is 67.3. The van der Waals surface area contributed by atoms with E-state index < -0.39 is 0 Å². The standard InChI is InChI=1S/3C10H11N3S.4C9H10N4S.2C5H7N3S.C5H5N3S/c11-6-5-8-1-3-9(4-2-8)7-14-10(12)13;11-5-4-8-2-1-3-9(6-8)7-14-10(12)13;11-6-5-8-3-1-2-4-9(8)7-14-10(12)13;10-3-1-8-5-7(2-4-13-8)6-14-9(11)12;10-2-1-7-3-8(5-13-4-7)6-14-9(11)12;10-4-3-8-2-1-7(5-13-8)6-14-9(11)12;10-4-3-7-1-2-8(13-5-7)6-14-9(11)12;3*6-3-1-2-4-9-5(7)8/h1-4H,5,7H2,(H3,12,13);1-3,6H,4,7H2,(H3,12,13);1-4H,5,7H2,(H3,12,13);2,4-5H,1,6H2,(H3,11,12);3-5H,1,6H2,(H3,11,12);2*1-2,5H,3,6H2,(H3,11,12);2*1-2H,4H2,(H3,7,8);4H2,(H3,7,8)/b;;;;;;;2-1+;2-1-;. The van der Waals surface area contributed by atoms with Crippen LogP contribution < -0.4 is 57.3 Å². The number of benzene rings is 3. The predicted octanol–water partition coefficient (Wildman–Crippen LogP) is 12.3. The van der Waals surface area contributed by atoms with Crippen molar-refractivity contribution >= 4 is 169 Å². The summed E-state index contributed by atoms with van der Waals surface area (Å²) in [6, 6.07) is 56.2. The van der Waals surface area contributed by atoms with Crippen molar-refractivity contribution in [2.24, 2.45) is 57.3 Å². The number of thioether (sulfide) groups is 10. The fourth-order valence-electron chi connectivity index (χ4n) is 7.57. The highest BCUT2D eigenvalue weighted by Gasteiger charge is 2.06. The fourth-order valence-corrected chi connectivity index (χ4v) is 12.2. The number of nitriles is 10. The molecule has 0 bridgehead atoms. The number of nitrogens with one attached hydrogen (secondary N) is 10. The number of aromatic nitrogens is 4. The first-order valence-corrected chi connectivity index (χ1v) is 44.9. The van der Waals surface area contributed by atoms with Crippen LogP contribution >= 0.6 is 118 Å². The van der Waals surface area contributed by atoms with Gasteiger partial charge >= 0.3 is 0 Å². The van der Waals surface area contributed by atoms with Gasteiger partial charge in [0.05, 0.1) is 122 Å². The molecule has 4 heterocycles. The van der Waals surface area contributed by atoms with E-state index in [9.17, 15) is 0 Å². The molecule has 125 heavy (non-hydrogen) atoms. The van der Waals surface area contributed by atoms with E-state index in [1.165, 1.54) is 118 Å². The molecule has 0 aliphatic carbocycles. The number of nitrogens with zero attached hydrogens (tertiary/aromatic N) is 14. The van der Waals surface area contributed by atoms with E-state index in [1.807, 2.05) is 140 Å². The molecule has 0 atom stereocenters. The summed E-state index contributed by atoms with van der Waals surface area (Å²) in [5, 5.41) is 154. The molecule has 7 rings (SSSR count). The van der Waals surface area contributed by atoms with E-state index in [4.69, 9.17) is 164 Å². The van der Waals surface area contributed by atoms with Crippen LogP contribution in [-0.4, -0.2) is 88.9 Å². The molecule has 646 valence electrons. The quantitative estimate of drug-likeness (QED) is 0.0104. The second-order valence-electron chi connectivity index (χ2n) is 22.5. The first-order chi connectivity index (χ1) is 59.9. The molecule has 34 nitrogen and oxygen atoms in total. The van der Waals surface area contributed by atoms with Crippen LogP contribution in [0.1, 0.15) is 78.3 Å². The van der Waals surface area contributed by atoms with E-state index in [2.05, 4.69) is 62.1 Å². The number of allylic oxidation sites excluding steroid dienone is 2. The topological polar surface area (TPSA) is 788 Å². The van der Waals surface area contributed by atoms with Crippen molar-refractivity contribution in [1.82, 2.24) is 19.9 Å². The SMILES string of the molecule is N#C/C=C/CSC(=N)N.N#C/C=C\CSC(=N)N.N#CC#CCSC(=N)N.N#CCc1cc(CSC(=N)N)ccn1.N#CCc1ccc(CSC(=N)N)cc1.N#CCc1ccc(CSC(=N)N)cn1.N#CCc1ccc(CSC(=N)N)nc1.N#CCc1cccc(CSC(=N)N)c1.N#CCc1ccccc1CSC(=N)N.N#CCc1cncc(CSC(=N)N)c1. The Morgan fingerprint density at radius 1 is 0.296 bits per heavy atom. The summed E-state index contributed by atoms with van der Waals surface area (Å²) in [7, 11) is 0. The summed E-state index contributed by atoms with van der Waals surface area (Å²) >= 11 is 12.4. The van der Waals surface area contributed by atoms with Gasteiger partial charge in [0, 0.05) is 101 Å².